The first-order chi connectivity index (χ1) is 12.9. The maximum atomic E-state index is 13.4. The van der Waals surface area contributed by atoms with Gasteiger partial charge in [-0.2, -0.15) is 0 Å². The molecule has 2 amide bonds. The zero-order valence-electron chi connectivity index (χ0n) is 16.1. The van der Waals surface area contributed by atoms with Crippen molar-refractivity contribution in [1.82, 2.24) is 10.2 Å². The minimum absolute atomic E-state index is 0.0366. The van der Waals surface area contributed by atoms with E-state index in [9.17, 15) is 9.18 Å². The lowest BCUT2D eigenvalue weighted by Crippen LogP contribution is -2.37. The minimum Gasteiger partial charge on any atom is -0.497 e. The maximum absolute atomic E-state index is 13.4. The van der Waals surface area contributed by atoms with E-state index in [0.29, 0.717) is 24.6 Å². The SMILES string of the molecule is CCOc1cc(F)ccc1NC(=O)NCC(c1cccc(OC)c1)N(C)C. The molecule has 1 atom stereocenters. The number of hydrogen-bond donors (Lipinski definition) is 2. The van der Waals surface area contributed by atoms with Crippen LogP contribution in [0.15, 0.2) is 42.5 Å². The number of halogens is 1. The number of anilines is 1. The van der Waals surface area contributed by atoms with Crippen molar-refractivity contribution in [2.45, 2.75) is 13.0 Å². The Morgan fingerprint density at radius 1 is 1.22 bits per heavy atom. The lowest BCUT2D eigenvalue weighted by atomic mass is 10.1. The number of benzene rings is 2. The summed E-state index contributed by atoms with van der Waals surface area (Å²) in [4.78, 5) is 14.3. The highest BCUT2D eigenvalue weighted by Crippen LogP contribution is 2.26. The molecule has 7 heteroatoms. The van der Waals surface area contributed by atoms with Gasteiger partial charge in [-0.25, -0.2) is 9.18 Å². The predicted molar refractivity (Wildman–Crippen MR) is 104 cm³/mol. The fraction of sp³-hybridized carbons (Fsp3) is 0.350. The summed E-state index contributed by atoms with van der Waals surface area (Å²) in [5, 5.41) is 5.56. The van der Waals surface area contributed by atoms with Crippen LogP contribution in [0.25, 0.3) is 0 Å². The van der Waals surface area contributed by atoms with Crippen molar-refractivity contribution in [1.29, 1.82) is 0 Å². The number of likely N-dealkylation sites (N-methyl/N-ethyl adjacent to an activating group) is 1. The van der Waals surface area contributed by atoms with Gasteiger partial charge in [0.15, 0.2) is 0 Å². The molecule has 0 saturated carbocycles. The van der Waals surface area contributed by atoms with Crippen LogP contribution in [-0.2, 0) is 0 Å². The number of urea groups is 1. The molecule has 1 unspecified atom stereocenters. The second-order valence-electron chi connectivity index (χ2n) is 6.16. The number of hydrogen-bond acceptors (Lipinski definition) is 4. The van der Waals surface area contributed by atoms with Crippen LogP contribution in [0.1, 0.15) is 18.5 Å². The van der Waals surface area contributed by atoms with Gasteiger partial charge in [0.25, 0.3) is 0 Å². The molecule has 0 aliphatic rings. The number of nitrogens with one attached hydrogen (secondary N) is 2. The highest BCUT2D eigenvalue weighted by Gasteiger charge is 2.17. The average molecular weight is 375 g/mol. The van der Waals surface area contributed by atoms with Crippen molar-refractivity contribution in [3.05, 3.63) is 53.8 Å². The third-order valence-electron chi connectivity index (χ3n) is 4.05. The number of carbonyl (C=O) groups excluding carboxylic acids is 1. The van der Waals surface area contributed by atoms with E-state index in [4.69, 9.17) is 9.47 Å². The van der Waals surface area contributed by atoms with E-state index in [0.717, 1.165) is 11.3 Å². The van der Waals surface area contributed by atoms with Crippen molar-refractivity contribution in [3.63, 3.8) is 0 Å². The summed E-state index contributed by atoms with van der Waals surface area (Å²) in [6.07, 6.45) is 0. The van der Waals surface area contributed by atoms with Gasteiger partial charge in [0, 0.05) is 12.6 Å². The lowest BCUT2D eigenvalue weighted by Gasteiger charge is -2.25. The van der Waals surface area contributed by atoms with Gasteiger partial charge in [-0.15, -0.1) is 0 Å². The molecular formula is C20H26FN3O3. The van der Waals surface area contributed by atoms with Crippen LogP contribution in [-0.4, -0.2) is 45.3 Å². The Bertz CT molecular complexity index is 768. The first-order valence-corrected chi connectivity index (χ1v) is 8.72. The average Bonchev–Trinajstić information content (AvgIpc) is 2.64. The van der Waals surface area contributed by atoms with Crippen LogP contribution in [0.5, 0.6) is 11.5 Å². The number of rotatable bonds is 8. The van der Waals surface area contributed by atoms with Crippen LogP contribution in [0.4, 0.5) is 14.9 Å². The predicted octanol–water partition coefficient (Wildman–Crippen LogP) is 3.66. The molecule has 146 valence electrons. The maximum Gasteiger partial charge on any atom is 0.319 e. The van der Waals surface area contributed by atoms with E-state index in [1.165, 1.54) is 18.2 Å². The van der Waals surface area contributed by atoms with Crippen molar-refractivity contribution in [2.75, 3.05) is 39.7 Å². The number of nitrogens with zero attached hydrogens (tertiary/aromatic N) is 1. The molecule has 0 saturated heterocycles. The van der Waals surface area contributed by atoms with Crippen LogP contribution in [0.2, 0.25) is 0 Å². The summed E-state index contributed by atoms with van der Waals surface area (Å²) in [6.45, 7) is 2.56. The number of methoxy groups -OCH3 is 1. The largest absolute Gasteiger partial charge is 0.497 e. The van der Waals surface area contributed by atoms with Gasteiger partial charge in [-0.3, -0.25) is 0 Å². The van der Waals surface area contributed by atoms with Crippen LogP contribution < -0.4 is 20.1 Å². The van der Waals surface area contributed by atoms with Gasteiger partial charge >= 0.3 is 6.03 Å². The summed E-state index contributed by atoms with van der Waals surface area (Å²) in [6, 6.07) is 11.3. The highest BCUT2D eigenvalue weighted by molar-refractivity contribution is 5.90. The Labute approximate surface area is 159 Å². The second-order valence-corrected chi connectivity index (χ2v) is 6.16. The Hall–Kier alpha value is -2.80. The Morgan fingerprint density at radius 2 is 2.00 bits per heavy atom. The summed E-state index contributed by atoms with van der Waals surface area (Å²) in [5.74, 6) is 0.635. The first-order valence-electron chi connectivity index (χ1n) is 8.72. The standard InChI is InChI=1S/C20H26FN3O3/c1-5-27-19-12-15(21)9-10-17(19)23-20(25)22-13-18(24(2)3)14-7-6-8-16(11-14)26-4/h6-12,18H,5,13H2,1-4H3,(H2,22,23,25). The summed E-state index contributed by atoms with van der Waals surface area (Å²) in [5.41, 5.74) is 1.44. The molecule has 2 aromatic rings. The summed E-state index contributed by atoms with van der Waals surface area (Å²) in [7, 11) is 5.50. The normalized spacial score (nSPS) is 11.8. The van der Waals surface area contributed by atoms with Gasteiger partial charge in [-0.1, -0.05) is 12.1 Å². The van der Waals surface area contributed by atoms with Gasteiger partial charge in [0.05, 0.1) is 25.4 Å². The van der Waals surface area contributed by atoms with E-state index in [1.807, 2.05) is 43.3 Å². The molecule has 0 fully saturated rings. The van der Waals surface area contributed by atoms with Gasteiger partial charge in [0.2, 0.25) is 0 Å². The van der Waals surface area contributed by atoms with Crippen LogP contribution in [0, 0.1) is 5.82 Å². The van der Waals surface area contributed by atoms with Crippen molar-refractivity contribution < 1.29 is 18.7 Å². The quantitative estimate of drug-likeness (QED) is 0.739. The van der Waals surface area contributed by atoms with E-state index < -0.39 is 11.8 Å². The second kappa shape index (κ2) is 9.78. The van der Waals surface area contributed by atoms with Crippen LogP contribution >= 0.6 is 0 Å². The molecule has 0 radical (unpaired) electrons. The number of amides is 2. The molecule has 2 rings (SSSR count). The molecule has 27 heavy (non-hydrogen) atoms. The lowest BCUT2D eigenvalue weighted by molar-refractivity contribution is 0.243. The number of ether oxygens (including phenoxy) is 2. The van der Waals surface area contributed by atoms with Gasteiger partial charge in [0.1, 0.15) is 17.3 Å². The highest BCUT2D eigenvalue weighted by atomic mass is 19.1. The molecule has 0 heterocycles. The topological polar surface area (TPSA) is 62.8 Å². The van der Waals surface area contributed by atoms with Crippen molar-refractivity contribution in [3.8, 4) is 11.5 Å². The fourth-order valence-electron chi connectivity index (χ4n) is 2.68. The molecule has 0 aromatic heterocycles. The monoisotopic (exact) mass is 375 g/mol. The summed E-state index contributed by atoms with van der Waals surface area (Å²) < 4.78 is 24.0. The zero-order chi connectivity index (χ0) is 19.8. The Balaban J connectivity index is 2.04. The molecule has 2 N–H and O–H groups in total. The van der Waals surface area contributed by atoms with Crippen molar-refractivity contribution >= 4 is 11.7 Å². The third kappa shape index (κ3) is 5.86. The molecule has 0 aliphatic heterocycles. The molecular weight excluding hydrogens is 349 g/mol. The molecule has 0 aliphatic carbocycles. The zero-order valence-corrected chi connectivity index (χ0v) is 16.1. The molecule has 0 bridgehead atoms. The van der Waals surface area contributed by atoms with Crippen LogP contribution in [0.3, 0.4) is 0 Å². The number of carbonyl (C=O) groups is 1. The van der Waals surface area contributed by atoms with E-state index in [2.05, 4.69) is 10.6 Å². The Morgan fingerprint density at radius 3 is 2.67 bits per heavy atom. The summed E-state index contributed by atoms with van der Waals surface area (Å²) >= 11 is 0. The molecule has 2 aromatic carbocycles. The van der Waals surface area contributed by atoms with Gasteiger partial charge in [-0.05, 0) is 50.8 Å². The fourth-order valence-corrected chi connectivity index (χ4v) is 2.68. The molecule has 0 spiro atoms. The Kier molecular flexibility index (Phi) is 7.43. The first kappa shape index (κ1) is 20.5. The van der Waals surface area contributed by atoms with E-state index in [-0.39, 0.29) is 6.04 Å². The smallest absolute Gasteiger partial charge is 0.319 e. The van der Waals surface area contributed by atoms with Gasteiger partial charge < -0.3 is 25.0 Å². The third-order valence-corrected chi connectivity index (χ3v) is 4.05. The molecule has 6 nitrogen and oxygen atoms in total. The van der Waals surface area contributed by atoms with E-state index >= 15 is 0 Å². The van der Waals surface area contributed by atoms with E-state index in [1.54, 1.807) is 14.0 Å². The van der Waals surface area contributed by atoms with Crippen molar-refractivity contribution in [2.24, 2.45) is 0 Å². The minimum atomic E-state index is -0.421.